The van der Waals surface area contributed by atoms with E-state index in [-0.39, 0.29) is 11.7 Å². The molecule has 0 aliphatic rings. The predicted octanol–water partition coefficient (Wildman–Crippen LogP) is 3.81. The summed E-state index contributed by atoms with van der Waals surface area (Å²) in [6, 6.07) is 6.40. The minimum Gasteiger partial charge on any atom is -0.484 e. The van der Waals surface area contributed by atoms with Crippen LogP contribution in [0.5, 0.6) is 5.75 Å². The average Bonchev–Trinajstić information content (AvgIpc) is 2.69. The number of rotatable bonds is 12. The number of hydrogen-bond acceptors (Lipinski definition) is 4. The Kier molecular flexibility index (Phi) is 11.6. The van der Waals surface area contributed by atoms with E-state index >= 15 is 0 Å². The molecule has 0 aromatic heterocycles. The third kappa shape index (κ3) is 12.6. The third-order valence-corrected chi connectivity index (χ3v) is 3.92. The van der Waals surface area contributed by atoms with Gasteiger partial charge >= 0.3 is 12.1 Å². The number of halogens is 3. The summed E-state index contributed by atoms with van der Waals surface area (Å²) < 4.78 is 45.8. The van der Waals surface area contributed by atoms with Gasteiger partial charge in [-0.3, -0.25) is 4.79 Å². The van der Waals surface area contributed by atoms with Crippen molar-refractivity contribution >= 4 is 11.9 Å². The summed E-state index contributed by atoms with van der Waals surface area (Å²) in [7, 11) is 1.39. The molecular weight excluding hydrogens is 387 g/mol. The minimum absolute atomic E-state index is 0.173. The van der Waals surface area contributed by atoms with E-state index in [0.29, 0.717) is 18.9 Å². The number of hydrogen-bond donors (Lipinski definition) is 2. The smallest absolute Gasteiger partial charge is 0.422 e. The Labute approximate surface area is 169 Å². The second-order valence-corrected chi connectivity index (χ2v) is 6.41. The lowest BCUT2D eigenvalue weighted by atomic mass is 10.1. The van der Waals surface area contributed by atoms with E-state index < -0.39 is 12.8 Å². The van der Waals surface area contributed by atoms with E-state index in [0.717, 1.165) is 44.3 Å². The van der Waals surface area contributed by atoms with Crippen LogP contribution in [0.3, 0.4) is 0 Å². The molecule has 6 nitrogen and oxygen atoms in total. The van der Waals surface area contributed by atoms with Crippen LogP contribution < -0.4 is 15.4 Å². The fourth-order valence-corrected chi connectivity index (χ4v) is 2.43. The van der Waals surface area contributed by atoms with E-state index in [9.17, 15) is 18.0 Å². The molecule has 0 saturated heterocycles. The summed E-state index contributed by atoms with van der Waals surface area (Å²) in [5, 5.41) is 6.40. The van der Waals surface area contributed by atoms with Gasteiger partial charge in [0.05, 0.1) is 13.7 Å². The lowest BCUT2D eigenvalue weighted by Gasteiger charge is -2.12. The number of aliphatic imine (C=N–C) groups is 1. The van der Waals surface area contributed by atoms with Crippen LogP contribution in [-0.2, 0) is 16.1 Å². The van der Waals surface area contributed by atoms with Gasteiger partial charge < -0.3 is 20.1 Å². The number of guanidine groups is 1. The largest absolute Gasteiger partial charge is 0.484 e. The van der Waals surface area contributed by atoms with Crippen molar-refractivity contribution in [1.29, 1.82) is 0 Å². The maximum atomic E-state index is 12.2. The molecule has 29 heavy (non-hydrogen) atoms. The Balaban J connectivity index is 2.34. The number of benzene rings is 1. The van der Waals surface area contributed by atoms with Gasteiger partial charge in [0.2, 0.25) is 0 Å². The van der Waals surface area contributed by atoms with Gasteiger partial charge in [0, 0.05) is 19.5 Å². The van der Waals surface area contributed by atoms with Crippen molar-refractivity contribution in [2.24, 2.45) is 4.99 Å². The van der Waals surface area contributed by atoms with Gasteiger partial charge in [-0.1, -0.05) is 25.0 Å². The molecule has 1 rings (SSSR count). The first-order valence-electron chi connectivity index (χ1n) is 9.71. The number of nitrogens with zero attached hydrogens (tertiary/aromatic N) is 1. The fourth-order valence-electron chi connectivity index (χ4n) is 2.43. The maximum Gasteiger partial charge on any atom is 0.422 e. The zero-order valence-electron chi connectivity index (χ0n) is 17.0. The molecule has 0 bridgehead atoms. The van der Waals surface area contributed by atoms with Crippen LogP contribution >= 0.6 is 0 Å². The van der Waals surface area contributed by atoms with Crippen molar-refractivity contribution in [3.63, 3.8) is 0 Å². The van der Waals surface area contributed by atoms with Gasteiger partial charge in [0.25, 0.3) is 0 Å². The lowest BCUT2D eigenvalue weighted by Crippen LogP contribution is -2.37. The van der Waals surface area contributed by atoms with Crippen molar-refractivity contribution in [2.75, 3.05) is 26.8 Å². The summed E-state index contributed by atoms with van der Waals surface area (Å²) >= 11 is 0. The van der Waals surface area contributed by atoms with Gasteiger partial charge in [-0.25, -0.2) is 4.99 Å². The summed E-state index contributed by atoms with van der Waals surface area (Å²) in [6.07, 6.45) is -0.152. The van der Waals surface area contributed by atoms with Crippen LogP contribution in [0.1, 0.15) is 44.6 Å². The normalized spacial score (nSPS) is 11.8. The first-order valence-corrected chi connectivity index (χ1v) is 9.71. The quantitative estimate of drug-likeness (QED) is 0.234. The molecule has 0 unspecified atom stereocenters. The van der Waals surface area contributed by atoms with E-state index in [1.807, 2.05) is 6.92 Å². The van der Waals surface area contributed by atoms with Gasteiger partial charge in [-0.2, -0.15) is 13.2 Å². The monoisotopic (exact) mass is 417 g/mol. The molecule has 164 valence electrons. The number of unbranched alkanes of at least 4 members (excludes halogenated alkanes) is 3. The highest BCUT2D eigenvalue weighted by molar-refractivity contribution is 5.79. The highest BCUT2D eigenvalue weighted by Crippen LogP contribution is 2.19. The molecular formula is C20H30F3N3O3. The van der Waals surface area contributed by atoms with Crippen molar-refractivity contribution in [3.8, 4) is 5.75 Å². The van der Waals surface area contributed by atoms with Crippen LogP contribution in [-0.4, -0.2) is 44.9 Å². The number of carbonyl (C=O) groups is 1. The molecule has 9 heteroatoms. The molecule has 1 aromatic rings. The van der Waals surface area contributed by atoms with Gasteiger partial charge in [-0.15, -0.1) is 0 Å². The van der Waals surface area contributed by atoms with E-state index in [1.165, 1.54) is 19.2 Å². The molecule has 2 N–H and O–H groups in total. The maximum absolute atomic E-state index is 12.2. The first kappa shape index (κ1) is 24.6. The number of esters is 1. The molecule has 0 aliphatic heterocycles. The van der Waals surface area contributed by atoms with Crippen LogP contribution in [0.4, 0.5) is 13.2 Å². The average molecular weight is 417 g/mol. The summed E-state index contributed by atoms with van der Waals surface area (Å²) in [5.74, 6) is 0.677. The van der Waals surface area contributed by atoms with Crippen LogP contribution in [0.25, 0.3) is 0 Å². The summed E-state index contributed by atoms with van der Waals surface area (Å²) in [6.45, 7) is 2.54. The molecule has 1 aromatic carbocycles. The Hall–Kier alpha value is -2.45. The SMILES string of the molecule is CCNC(=NCc1ccc(OCC(F)(F)F)cc1)NCCCCCCC(=O)OC. The Morgan fingerprint density at radius 2 is 1.76 bits per heavy atom. The fraction of sp³-hybridized carbons (Fsp3) is 0.600. The highest BCUT2D eigenvalue weighted by Gasteiger charge is 2.28. The molecule has 0 heterocycles. The number of alkyl halides is 3. The molecule has 0 saturated carbocycles. The van der Waals surface area contributed by atoms with Gasteiger partial charge in [-0.05, 0) is 37.5 Å². The number of ether oxygens (including phenoxy) is 2. The van der Waals surface area contributed by atoms with E-state index in [4.69, 9.17) is 4.74 Å². The third-order valence-electron chi connectivity index (χ3n) is 3.92. The minimum atomic E-state index is -4.35. The Morgan fingerprint density at radius 1 is 1.07 bits per heavy atom. The van der Waals surface area contributed by atoms with Crippen LogP contribution in [0.2, 0.25) is 0 Å². The Morgan fingerprint density at radius 3 is 2.38 bits per heavy atom. The standard InChI is InChI=1S/C20H30F3N3O3/c1-3-24-19(25-13-7-5-4-6-8-18(27)28-2)26-14-16-9-11-17(12-10-16)29-15-20(21,22)23/h9-12H,3-8,13-15H2,1-2H3,(H2,24,25,26). The second-order valence-electron chi connectivity index (χ2n) is 6.41. The summed E-state index contributed by atoms with van der Waals surface area (Å²) in [5.41, 5.74) is 0.865. The van der Waals surface area contributed by atoms with Crippen LogP contribution in [0.15, 0.2) is 29.3 Å². The molecule has 0 radical (unpaired) electrons. The highest BCUT2D eigenvalue weighted by atomic mass is 19.4. The van der Waals surface area contributed by atoms with Gasteiger partial charge in [0.15, 0.2) is 12.6 Å². The molecule has 0 aliphatic carbocycles. The van der Waals surface area contributed by atoms with Gasteiger partial charge in [0.1, 0.15) is 5.75 Å². The van der Waals surface area contributed by atoms with Crippen molar-refractivity contribution < 1.29 is 27.4 Å². The molecule has 0 spiro atoms. The van der Waals surface area contributed by atoms with Crippen LogP contribution in [0, 0.1) is 0 Å². The van der Waals surface area contributed by atoms with E-state index in [2.05, 4.69) is 20.4 Å². The predicted molar refractivity (Wildman–Crippen MR) is 106 cm³/mol. The number of nitrogens with one attached hydrogen (secondary N) is 2. The zero-order chi connectivity index (χ0) is 21.5. The molecule has 0 fully saturated rings. The summed E-state index contributed by atoms with van der Waals surface area (Å²) in [4.78, 5) is 15.5. The first-order chi connectivity index (χ1) is 13.8. The van der Waals surface area contributed by atoms with Crippen molar-refractivity contribution in [1.82, 2.24) is 10.6 Å². The lowest BCUT2D eigenvalue weighted by molar-refractivity contribution is -0.153. The topological polar surface area (TPSA) is 72.0 Å². The van der Waals surface area contributed by atoms with Crippen molar-refractivity contribution in [3.05, 3.63) is 29.8 Å². The van der Waals surface area contributed by atoms with Crippen molar-refractivity contribution in [2.45, 2.75) is 51.7 Å². The Bertz CT molecular complexity index is 620. The molecule has 0 amide bonds. The zero-order valence-corrected chi connectivity index (χ0v) is 17.0. The molecule has 0 atom stereocenters. The van der Waals surface area contributed by atoms with E-state index in [1.54, 1.807) is 12.1 Å². The number of methoxy groups -OCH3 is 1. The number of carbonyl (C=O) groups excluding carboxylic acids is 1. The second kappa shape index (κ2) is 13.7.